The van der Waals surface area contributed by atoms with Crippen molar-refractivity contribution in [2.24, 2.45) is 0 Å². The molecule has 0 unspecified atom stereocenters. The molecule has 0 aliphatic carbocycles. The van der Waals surface area contributed by atoms with Gasteiger partial charge in [-0.1, -0.05) is 54.2 Å². The lowest BCUT2D eigenvalue weighted by Gasteiger charge is -2.28. The largest absolute Gasteiger partial charge is 0.337 e. The van der Waals surface area contributed by atoms with Crippen LogP contribution in [0.5, 0.6) is 0 Å². The van der Waals surface area contributed by atoms with Crippen molar-refractivity contribution in [1.29, 1.82) is 0 Å². The SMILES string of the molecule is O=C(CSc1nc2c(cnn2-c2ccccc2)c(=O)[nH]1)N1CCc2ccccc2C1. The minimum Gasteiger partial charge on any atom is -0.337 e. The first-order valence-electron chi connectivity index (χ1n) is 9.70. The smallest absolute Gasteiger partial charge is 0.262 e. The van der Waals surface area contributed by atoms with Crippen LogP contribution in [0.1, 0.15) is 11.1 Å². The third kappa shape index (κ3) is 3.50. The maximum absolute atomic E-state index is 12.7. The topological polar surface area (TPSA) is 83.9 Å². The first-order chi connectivity index (χ1) is 14.7. The number of aromatic nitrogens is 4. The molecule has 1 N–H and O–H groups in total. The Morgan fingerprint density at radius 3 is 2.67 bits per heavy atom. The van der Waals surface area contributed by atoms with Crippen LogP contribution in [0, 0.1) is 0 Å². The molecule has 2 aromatic carbocycles. The van der Waals surface area contributed by atoms with Gasteiger partial charge in [-0.05, 0) is 29.7 Å². The van der Waals surface area contributed by atoms with Gasteiger partial charge in [-0.15, -0.1) is 0 Å². The average Bonchev–Trinajstić information content (AvgIpc) is 3.22. The molecule has 1 aliphatic heterocycles. The van der Waals surface area contributed by atoms with Gasteiger partial charge in [0, 0.05) is 13.1 Å². The summed E-state index contributed by atoms with van der Waals surface area (Å²) in [6.07, 6.45) is 2.38. The van der Waals surface area contributed by atoms with E-state index in [2.05, 4.69) is 27.2 Å². The van der Waals surface area contributed by atoms with Crippen molar-refractivity contribution in [3.63, 3.8) is 0 Å². The summed E-state index contributed by atoms with van der Waals surface area (Å²) in [5.41, 5.74) is 3.54. The predicted octanol–water partition coefficient (Wildman–Crippen LogP) is 2.79. The highest BCUT2D eigenvalue weighted by atomic mass is 32.2. The molecule has 0 atom stereocenters. The molecule has 0 spiro atoms. The quantitative estimate of drug-likeness (QED) is 0.408. The lowest BCUT2D eigenvalue weighted by atomic mass is 10.00. The Balaban J connectivity index is 1.35. The molecule has 4 aromatic rings. The van der Waals surface area contributed by atoms with E-state index < -0.39 is 0 Å². The molecule has 0 saturated carbocycles. The zero-order chi connectivity index (χ0) is 20.5. The lowest BCUT2D eigenvalue weighted by molar-refractivity contribution is -0.129. The number of thioether (sulfide) groups is 1. The van der Waals surface area contributed by atoms with Crippen molar-refractivity contribution in [1.82, 2.24) is 24.6 Å². The zero-order valence-electron chi connectivity index (χ0n) is 16.1. The van der Waals surface area contributed by atoms with Crippen LogP contribution in [0.15, 0.2) is 70.7 Å². The Hall–Kier alpha value is -3.39. The first-order valence-corrected chi connectivity index (χ1v) is 10.7. The van der Waals surface area contributed by atoms with Gasteiger partial charge in [0.2, 0.25) is 5.91 Å². The van der Waals surface area contributed by atoms with Crippen molar-refractivity contribution in [3.8, 4) is 5.69 Å². The number of H-pyrrole nitrogens is 1. The van der Waals surface area contributed by atoms with Gasteiger partial charge < -0.3 is 9.88 Å². The summed E-state index contributed by atoms with van der Waals surface area (Å²) in [4.78, 5) is 34.4. The highest BCUT2D eigenvalue weighted by Crippen LogP contribution is 2.21. The Bertz CT molecular complexity index is 1280. The number of fused-ring (bicyclic) bond motifs is 2. The maximum Gasteiger partial charge on any atom is 0.262 e. The molecule has 2 aromatic heterocycles. The maximum atomic E-state index is 12.7. The molecule has 8 heteroatoms. The average molecular weight is 417 g/mol. The second kappa shape index (κ2) is 7.79. The number of carbonyl (C=O) groups is 1. The Kier molecular flexibility index (Phi) is 4.84. The summed E-state index contributed by atoms with van der Waals surface area (Å²) in [7, 11) is 0. The van der Waals surface area contributed by atoms with Crippen LogP contribution >= 0.6 is 11.8 Å². The number of nitrogens with one attached hydrogen (secondary N) is 1. The van der Waals surface area contributed by atoms with Crippen molar-refractivity contribution in [2.45, 2.75) is 18.1 Å². The molecule has 0 fully saturated rings. The van der Waals surface area contributed by atoms with Gasteiger partial charge in [0.15, 0.2) is 10.8 Å². The van der Waals surface area contributed by atoms with Crippen molar-refractivity contribution >= 4 is 28.7 Å². The lowest BCUT2D eigenvalue weighted by Crippen LogP contribution is -2.37. The Labute approximate surface area is 176 Å². The van der Waals surface area contributed by atoms with Crippen LogP contribution in [0.25, 0.3) is 16.7 Å². The van der Waals surface area contributed by atoms with Crippen LogP contribution in [0.3, 0.4) is 0 Å². The van der Waals surface area contributed by atoms with Crippen LogP contribution in [-0.2, 0) is 17.8 Å². The predicted molar refractivity (Wildman–Crippen MR) is 116 cm³/mol. The molecule has 5 rings (SSSR count). The number of benzene rings is 2. The summed E-state index contributed by atoms with van der Waals surface area (Å²) < 4.78 is 1.64. The van der Waals surface area contributed by atoms with E-state index >= 15 is 0 Å². The highest BCUT2D eigenvalue weighted by Gasteiger charge is 2.21. The molecular weight excluding hydrogens is 398 g/mol. The minimum atomic E-state index is -0.260. The van der Waals surface area contributed by atoms with Crippen molar-refractivity contribution in [2.75, 3.05) is 12.3 Å². The van der Waals surface area contributed by atoms with Crippen molar-refractivity contribution < 1.29 is 4.79 Å². The van der Waals surface area contributed by atoms with Crippen LogP contribution < -0.4 is 5.56 Å². The van der Waals surface area contributed by atoms with E-state index in [1.54, 1.807) is 4.68 Å². The molecule has 1 aliphatic rings. The van der Waals surface area contributed by atoms with E-state index in [-0.39, 0.29) is 17.2 Å². The van der Waals surface area contributed by atoms with Gasteiger partial charge in [0.1, 0.15) is 5.39 Å². The van der Waals surface area contributed by atoms with Gasteiger partial charge >= 0.3 is 0 Å². The number of aromatic amines is 1. The fraction of sp³-hybridized carbons (Fsp3) is 0.182. The highest BCUT2D eigenvalue weighted by molar-refractivity contribution is 7.99. The van der Waals surface area contributed by atoms with E-state index in [4.69, 9.17) is 0 Å². The molecule has 0 saturated heterocycles. The van der Waals surface area contributed by atoms with E-state index in [9.17, 15) is 9.59 Å². The molecular formula is C22H19N5O2S. The van der Waals surface area contributed by atoms with Crippen molar-refractivity contribution in [3.05, 3.63) is 82.3 Å². The number of hydrogen-bond acceptors (Lipinski definition) is 5. The summed E-state index contributed by atoms with van der Waals surface area (Å²) in [5.74, 6) is 0.254. The van der Waals surface area contributed by atoms with Crippen LogP contribution in [0.4, 0.5) is 0 Å². The van der Waals surface area contributed by atoms with Gasteiger partial charge in [-0.25, -0.2) is 9.67 Å². The van der Waals surface area contributed by atoms with Gasteiger partial charge in [0.05, 0.1) is 17.6 Å². The fourth-order valence-electron chi connectivity index (χ4n) is 3.65. The molecule has 3 heterocycles. The summed E-state index contributed by atoms with van der Waals surface area (Å²) >= 11 is 1.24. The minimum absolute atomic E-state index is 0.0359. The number of carbonyl (C=O) groups excluding carboxylic acids is 1. The Morgan fingerprint density at radius 2 is 1.83 bits per heavy atom. The van der Waals surface area contributed by atoms with E-state index in [0.29, 0.717) is 29.3 Å². The van der Waals surface area contributed by atoms with Gasteiger partial charge in [-0.3, -0.25) is 9.59 Å². The fourth-order valence-corrected chi connectivity index (χ4v) is 4.41. The normalized spacial score (nSPS) is 13.4. The second-order valence-electron chi connectivity index (χ2n) is 7.12. The standard InChI is InChI=1S/C22H19N5O2S/c28-19(26-11-10-15-6-4-5-7-16(15)13-26)14-30-22-24-20-18(21(29)25-22)12-23-27(20)17-8-2-1-3-9-17/h1-9,12H,10-11,13-14H2,(H,24,25,29). The van der Waals surface area contributed by atoms with Crippen LogP contribution in [0.2, 0.25) is 0 Å². The molecule has 150 valence electrons. The van der Waals surface area contributed by atoms with Crippen LogP contribution in [-0.4, -0.2) is 42.9 Å². The second-order valence-corrected chi connectivity index (χ2v) is 8.09. The van der Waals surface area contributed by atoms with E-state index in [0.717, 1.165) is 12.1 Å². The first kappa shape index (κ1) is 18.6. The molecule has 0 radical (unpaired) electrons. The molecule has 30 heavy (non-hydrogen) atoms. The number of amides is 1. The monoisotopic (exact) mass is 417 g/mol. The van der Waals surface area contributed by atoms with E-state index in [1.165, 1.54) is 29.1 Å². The number of nitrogens with zero attached hydrogens (tertiary/aromatic N) is 4. The van der Waals surface area contributed by atoms with E-state index in [1.807, 2.05) is 47.4 Å². The molecule has 0 bridgehead atoms. The summed E-state index contributed by atoms with van der Waals surface area (Å²) in [5, 5.41) is 5.14. The number of hydrogen-bond donors (Lipinski definition) is 1. The summed E-state index contributed by atoms with van der Waals surface area (Å²) in [6, 6.07) is 17.8. The number of para-hydroxylation sites is 1. The molecule has 7 nitrogen and oxygen atoms in total. The number of rotatable bonds is 4. The zero-order valence-corrected chi connectivity index (χ0v) is 16.9. The Morgan fingerprint density at radius 1 is 1.07 bits per heavy atom. The van der Waals surface area contributed by atoms with Gasteiger partial charge in [-0.2, -0.15) is 5.10 Å². The summed E-state index contributed by atoms with van der Waals surface area (Å²) in [6.45, 7) is 1.33. The third-order valence-electron chi connectivity index (χ3n) is 5.23. The molecule has 1 amide bonds. The third-order valence-corrected chi connectivity index (χ3v) is 6.09. The van der Waals surface area contributed by atoms with Gasteiger partial charge in [0.25, 0.3) is 5.56 Å².